The third-order valence-corrected chi connectivity index (χ3v) is 4.49. The number of benzene rings is 1. The summed E-state index contributed by atoms with van der Waals surface area (Å²) in [6.45, 7) is 8.66. The lowest BCUT2D eigenvalue weighted by Crippen LogP contribution is -2.43. The van der Waals surface area contributed by atoms with Crippen molar-refractivity contribution in [3.8, 4) is 0 Å². The molecule has 1 aromatic rings. The van der Waals surface area contributed by atoms with Gasteiger partial charge in [-0.25, -0.2) is 0 Å². The molecule has 2 rings (SSSR count). The van der Waals surface area contributed by atoms with Crippen LogP contribution in [0, 0.1) is 0 Å². The smallest absolute Gasteiger partial charge is 0.0635 e. The van der Waals surface area contributed by atoms with E-state index in [0.29, 0.717) is 0 Å². The molecule has 1 atom stereocenters. The van der Waals surface area contributed by atoms with Crippen molar-refractivity contribution in [1.82, 2.24) is 5.32 Å². The van der Waals surface area contributed by atoms with E-state index in [1.54, 1.807) is 0 Å². The SMILES string of the molecule is CC(C)(C)NCc1cc(Br)ccc1N1CCCCC1CO. The summed E-state index contributed by atoms with van der Waals surface area (Å²) in [6.07, 6.45) is 3.51. The highest BCUT2D eigenvalue weighted by Crippen LogP contribution is 2.30. The molecule has 0 radical (unpaired) electrons. The molecule has 4 heteroatoms. The van der Waals surface area contributed by atoms with Crippen LogP contribution in [0.2, 0.25) is 0 Å². The van der Waals surface area contributed by atoms with Crippen LogP contribution in [-0.2, 0) is 6.54 Å². The zero-order valence-corrected chi connectivity index (χ0v) is 14.9. The Balaban J connectivity index is 2.25. The van der Waals surface area contributed by atoms with Crippen molar-refractivity contribution in [3.05, 3.63) is 28.2 Å². The fourth-order valence-electron chi connectivity index (χ4n) is 2.84. The molecule has 0 spiro atoms. The Kier molecular flexibility index (Phi) is 5.69. The molecule has 2 N–H and O–H groups in total. The highest BCUT2D eigenvalue weighted by molar-refractivity contribution is 9.10. The number of halogens is 1. The van der Waals surface area contributed by atoms with Gasteiger partial charge in [0.15, 0.2) is 0 Å². The van der Waals surface area contributed by atoms with Crippen molar-refractivity contribution in [2.24, 2.45) is 0 Å². The van der Waals surface area contributed by atoms with Gasteiger partial charge in [0, 0.05) is 28.8 Å². The first-order chi connectivity index (χ1) is 9.90. The Hall–Kier alpha value is -0.580. The third-order valence-electron chi connectivity index (χ3n) is 4.00. The first kappa shape index (κ1) is 16.8. The molecule has 0 aliphatic carbocycles. The zero-order valence-electron chi connectivity index (χ0n) is 13.3. The third kappa shape index (κ3) is 4.70. The second-order valence-corrected chi connectivity index (χ2v) is 7.82. The van der Waals surface area contributed by atoms with Crippen molar-refractivity contribution in [1.29, 1.82) is 0 Å². The van der Waals surface area contributed by atoms with E-state index < -0.39 is 0 Å². The number of anilines is 1. The minimum Gasteiger partial charge on any atom is -0.394 e. The highest BCUT2D eigenvalue weighted by atomic mass is 79.9. The fourth-order valence-corrected chi connectivity index (χ4v) is 3.25. The van der Waals surface area contributed by atoms with E-state index in [4.69, 9.17) is 0 Å². The van der Waals surface area contributed by atoms with Crippen molar-refractivity contribution in [2.45, 2.75) is 58.2 Å². The Morgan fingerprint density at radius 1 is 1.33 bits per heavy atom. The van der Waals surface area contributed by atoms with Crippen LogP contribution in [0.15, 0.2) is 22.7 Å². The molecule has 1 saturated heterocycles. The quantitative estimate of drug-likeness (QED) is 0.865. The van der Waals surface area contributed by atoms with E-state index in [0.717, 1.165) is 24.0 Å². The lowest BCUT2D eigenvalue weighted by Gasteiger charge is -2.38. The number of hydrogen-bond donors (Lipinski definition) is 2. The number of aliphatic hydroxyl groups excluding tert-OH is 1. The zero-order chi connectivity index (χ0) is 15.5. The van der Waals surface area contributed by atoms with Crippen LogP contribution < -0.4 is 10.2 Å². The summed E-state index contributed by atoms with van der Waals surface area (Å²) in [5.74, 6) is 0. The van der Waals surface area contributed by atoms with Crippen LogP contribution in [-0.4, -0.2) is 29.8 Å². The van der Waals surface area contributed by atoms with Gasteiger partial charge in [0.2, 0.25) is 0 Å². The van der Waals surface area contributed by atoms with E-state index in [2.05, 4.69) is 65.1 Å². The molecule has 0 saturated carbocycles. The number of hydrogen-bond acceptors (Lipinski definition) is 3. The molecular formula is C17H27BrN2O. The molecule has 1 aliphatic rings. The standard InChI is InChI=1S/C17H27BrN2O/c1-17(2,3)19-11-13-10-14(18)7-8-16(13)20-9-5-4-6-15(20)12-21/h7-8,10,15,19,21H,4-6,9,11-12H2,1-3H3. The monoisotopic (exact) mass is 354 g/mol. The molecule has 0 aromatic heterocycles. The van der Waals surface area contributed by atoms with Gasteiger partial charge in [-0.1, -0.05) is 15.9 Å². The maximum atomic E-state index is 9.66. The van der Waals surface area contributed by atoms with Gasteiger partial charge >= 0.3 is 0 Å². The number of piperidine rings is 1. The van der Waals surface area contributed by atoms with Crippen LogP contribution in [0.1, 0.15) is 45.6 Å². The van der Waals surface area contributed by atoms with Gasteiger partial charge in [0.25, 0.3) is 0 Å². The van der Waals surface area contributed by atoms with Gasteiger partial charge in [-0.3, -0.25) is 0 Å². The average molecular weight is 355 g/mol. The van der Waals surface area contributed by atoms with Crippen LogP contribution in [0.25, 0.3) is 0 Å². The molecule has 118 valence electrons. The predicted octanol–water partition coefficient (Wildman–Crippen LogP) is 3.69. The Morgan fingerprint density at radius 2 is 2.10 bits per heavy atom. The summed E-state index contributed by atoms with van der Waals surface area (Å²) in [6, 6.07) is 6.72. The first-order valence-electron chi connectivity index (χ1n) is 7.81. The van der Waals surface area contributed by atoms with E-state index in [1.807, 2.05) is 0 Å². The Morgan fingerprint density at radius 3 is 2.76 bits per heavy atom. The largest absolute Gasteiger partial charge is 0.394 e. The lowest BCUT2D eigenvalue weighted by atomic mass is 10.00. The van der Waals surface area contributed by atoms with E-state index in [1.165, 1.54) is 24.1 Å². The van der Waals surface area contributed by atoms with Gasteiger partial charge < -0.3 is 15.3 Å². The topological polar surface area (TPSA) is 35.5 Å². The van der Waals surface area contributed by atoms with Gasteiger partial charge in [-0.2, -0.15) is 0 Å². The van der Waals surface area contributed by atoms with Crippen molar-refractivity contribution >= 4 is 21.6 Å². The van der Waals surface area contributed by atoms with Crippen LogP contribution >= 0.6 is 15.9 Å². The molecule has 0 bridgehead atoms. The summed E-state index contributed by atoms with van der Waals surface area (Å²) >= 11 is 3.58. The number of aliphatic hydroxyl groups is 1. The molecular weight excluding hydrogens is 328 g/mol. The molecule has 1 aliphatic heterocycles. The van der Waals surface area contributed by atoms with Crippen molar-refractivity contribution in [3.63, 3.8) is 0 Å². The summed E-state index contributed by atoms with van der Waals surface area (Å²) < 4.78 is 1.11. The van der Waals surface area contributed by atoms with Crippen LogP contribution in [0.5, 0.6) is 0 Å². The summed E-state index contributed by atoms with van der Waals surface area (Å²) in [5.41, 5.74) is 2.64. The van der Waals surface area contributed by atoms with E-state index in [-0.39, 0.29) is 18.2 Å². The molecule has 3 nitrogen and oxygen atoms in total. The van der Waals surface area contributed by atoms with Gasteiger partial charge in [0.1, 0.15) is 0 Å². The van der Waals surface area contributed by atoms with E-state index in [9.17, 15) is 5.11 Å². The lowest BCUT2D eigenvalue weighted by molar-refractivity contribution is 0.240. The maximum absolute atomic E-state index is 9.66. The minimum atomic E-state index is 0.0951. The number of rotatable bonds is 4. The first-order valence-corrected chi connectivity index (χ1v) is 8.61. The summed E-state index contributed by atoms with van der Waals surface area (Å²) in [5, 5.41) is 13.2. The highest BCUT2D eigenvalue weighted by Gasteiger charge is 2.24. The maximum Gasteiger partial charge on any atom is 0.0635 e. The molecule has 21 heavy (non-hydrogen) atoms. The molecule has 1 fully saturated rings. The molecule has 1 unspecified atom stereocenters. The minimum absolute atomic E-state index is 0.0951. The van der Waals surface area contributed by atoms with Crippen LogP contribution in [0.3, 0.4) is 0 Å². The molecule has 1 aromatic carbocycles. The van der Waals surface area contributed by atoms with Crippen molar-refractivity contribution in [2.75, 3.05) is 18.1 Å². The molecule has 0 amide bonds. The normalized spacial score (nSPS) is 19.9. The summed E-state index contributed by atoms with van der Waals surface area (Å²) in [4.78, 5) is 2.38. The van der Waals surface area contributed by atoms with E-state index >= 15 is 0 Å². The molecule has 1 heterocycles. The Bertz CT molecular complexity index is 470. The fraction of sp³-hybridized carbons (Fsp3) is 0.647. The second kappa shape index (κ2) is 7.12. The summed E-state index contributed by atoms with van der Waals surface area (Å²) in [7, 11) is 0. The van der Waals surface area contributed by atoms with Gasteiger partial charge in [0.05, 0.1) is 12.6 Å². The predicted molar refractivity (Wildman–Crippen MR) is 92.8 cm³/mol. The van der Waals surface area contributed by atoms with Crippen molar-refractivity contribution < 1.29 is 5.11 Å². The average Bonchev–Trinajstić information content (AvgIpc) is 2.44. The second-order valence-electron chi connectivity index (χ2n) is 6.90. The van der Waals surface area contributed by atoms with Gasteiger partial charge in [-0.15, -0.1) is 0 Å². The Labute approximate surface area is 136 Å². The number of nitrogens with zero attached hydrogens (tertiary/aromatic N) is 1. The van der Waals surface area contributed by atoms with Gasteiger partial charge in [-0.05, 0) is 63.8 Å². The van der Waals surface area contributed by atoms with Crippen LogP contribution in [0.4, 0.5) is 5.69 Å². The number of nitrogens with one attached hydrogen (secondary N) is 1.